The van der Waals surface area contributed by atoms with Gasteiger partial charge in [-0.1, -0.05) is 19.3 Å². The minimum atomic E-state index is 0.737. The van der Waals surface area contributed by atoms with E-state index in [1.165, 1.54) is 12.8 Å². The number of rotatable bonds is 3. The average molecular weight is 123 g/mol. The van der Waals surface area contributed by atoms with E-state index in [1.54, 1.807) is 0 Å². The molecule has 0 heterocycles. The zero-order chi connectivity index (χ0) is 6.69. The molecule has 1 saturated carbocycles. The topological polar surface area (TPSA) is 12.0 Å². The molecule has 1 N–H and O–H groups in total. The summed E-state index contributed by atoms with van der Waals surface area (Å²) in [7, 11) is 0. The Hall–Kier alpha value is -0.480. The Morgan fingerprint density at radius 1 is 1.78 bits per heavy atom. The Labute approximate surface area is 56.8 Å². The van der Waals surface area contributed by atoms with Gasteiger partial charge in [0.05, 0.1) is 6.54 Å². The van der Waals surface area contributed by atoms with Gasteiger partial charge in [-0.3, -0.25) is 0 Å². The number of hydrogen-bond donors (Lipinski definition) is 1. The summed E-state index contributed by atoms with van der Waals surface area (Å²) in [6, 6.07) is 0.742. The first kappa shape index (κ1) is 6.64. The molecule has 0 aliphatic heterocycles. The van der Waals surface area contributed by atoms with E-state index >= 15 is 0 Å². The van der Waals surface area contributed by atoms with Crippen LogP contribution in [0.25, 0.3) is 0 Å². The van der Waals surface area contributed by atoms with Crippen LogP contribution in [0.1, 0.15) is 19.8 Å². The zero-order valence-electron chi connectivity index (χ0n) is 5.85. The number of nitrogens with one attached hydrogen (secondary N) is 1. The molecule has 0 amide bonds. The van der Waals surface area contributed by atoms with E-state index in [0.29, 0.717) is 0 Å². The normalized spacial score (nSPS) is 31.6. The molecule has 0 saturated heterocycles. The lowest BCUT2D eigenvalue weighted by atomic mass is 10.3. The Morgan fingerprint density at radius 3 is 3.00 bits per heavy atom. The van der Waals surface area contributed by atoms with Crippen molar-refractivity contribution >= 4 is 0 Å². The highest BCUT2D eigenvalue weighted by Gasteiger charge is 2.33. The third-order valence-corrected chi connectivity index (χ3v) is 1.91. The van der Waals surface area contributed by atoms with Crippen molar-refractivity contribution in [1.82, 2.24) is 5.32 Å². The van der Waals surface area contributed by atoms with Gasteiger partial charge < -0.3 is 5.32 Å². The molecule has 2 unspecified atom stereocenters. The maximum atomic E-state index is 5.08. The molecule has 1 fully saturated rings. The van der Waals surface area contributed by atoms with E-state index in [0.717, 1.165) is 18.5 Å². The van der Waals surface area contributed by atoms with Gasteiger partial charge in [-0.15, -0.1) is 6.42 Å². The maximum absolute atomic E-state index is 5.08. The van der Waals surface area contributed by atoms with E-state index in [4.69, 9.17) is 6.42 Å². The quantitative estimate of drug-likeness (QED) is 0.552. The van der Waals surface area contributed by atoms with Crippen molar-refractivity contribution in [3.63, 3.8) is 0 Å². The fourth-order valence-corrected chi connectivity index (χ4v) is 1.14. The molecule has 1 nitrogen and oxygen atoms in total. The lowest BCUT2D eigenvalue weighted by Crippen LogP contribution is -2.17. The van der Waals surface area contributed by atoms with Crippen LogP contribution < -0.4 is 5.32 Å². The van der Waals surface area contributed by atoms with E-state index in [1.807, 2.05) is 0 Å². The third-order valence-electron chi connectivity index (χ3n) is 1.91. The Balaban J connectivity index is 2.00. The lowest BCUT2D eigenvalue weighted by molar-refractivity contribution is 0.666. The Bertz CT molecular complexity index is 123. The minimum Gasteiger partial charge on any atom is -0.303 e. The molecular formula is C8H13N. The van der Waals surface area contributed by atoms with Crippen LogP contribution in [0.15, 0.2) is 0 Å². The summed E-state index contributed by atoms with van der Waals surface area (Å²) in [4.78, 5) is 0. The zero-order valence-corrected chi connectivity index (χ0v) is 5.85. The molecule has 0 bridgehead atoms. The van der Waals surface area contributed by atoms with Gasteiger partial charge in [0, 0.05) is 6.04 Å². The van der Waals surface area contributed by atoms with Crippen LogP contribution in [0, 0.1) is 18.3 Å². The molecule has 0 aromatic carbocycles. The highest BCUT2D eigenvalue weighted by Crippen LogP contribution is 2.32. The second-order valence-electron chi connectivity index (χ2n) is 2.60. The summed E-state index contributed by atoms with van der Waals surface area (Å²) in [5.41, 5.74) is 0. The van der Waals surface area contributed by atoms with Crippen LogP contribution in [0.5, 0.6) is 0 Å². The minimum absolute atomic E-state index is 0.737. The first-order chi connectivity index (χ1) is 4.38. The molecule has 9 heavy (non-hydrogen) atoms. The fourth-order valence-electron chi connectivity index (χ4n) is 1.14. The number of terminal acetylenes is 1. The summed E-state index contributed by atoms with van der Waals surface area (Å²) < 4.78 is 0. The first-order valence-corrected chi connectivity index (χ1v) is 3.55. The van der Waals surface area contributed by atoms with Crippen LogP contribution in [0.4, 0.5) is 0 Å². The van der Waals surface area contributed by atoms with Crippen molar-refractivity contribution in [1.29, 1.82) is 0 Å². The van der Waals surface area contributed by atoms with Gasteiger partial charge in [0.2, 0.25) is 0 Å². The SMILES string of the molecule is C#CCNC1CC1CC. The summed E-state index contributed by atoms with van der Waals surface area (Å²) in [6.45, 7) is 2.96. The van der Waals surface area contributed by atoms with Crippen molar-refractivity contribution in [2.24, 2.45) is 5.92 Å². The van der Waals surface area contributed by atoms with Crippen molar-refractivity contribution in [2.75, 3.05) is 6.54 Å². The molecule has 0 spiro atoms. The van der Waals surface area contributed by atoms with E-state index in [-0.39, 0.29) is 0 Å². The molecule has 50 valence electrons. The van der Waals surface area contributed by atoms with Gasteiger partial charge >= 0.3 is 0 Å². The molecule has 0 radical (unpaired) electrons. The molecule has 1 heteroatoms. The monoisotopic (exact) mass is 123 g/mol. The molecule has 1 aliphatic rings. The Kier molecular flexibility index (Phi) is 2.13. The van der Waals surface area contributed by atoms with E-state index in [2.05, 4.69) is 18.2 Å². The van der Waals surface area contributed by atoms with E-state index < -0.39 is 0 Å². The van der Waals surface area contributed by atoms with Gasteiger partial charge in [-0.25, -0.2) is 0 Å². The van der Waals surface area contributed by atoms with Crippen LogP contribution in [0.2, 0.25) is 0 Å². The van der Waals surface area contributed by atoms with Crippen molar-refractivity contribution in [3.05, 3.63) is 0 Å². The maximum Gasteiger partial charge on any atom is 0.0576 e. The standard InChI is InChI=1S/C8H13N/c1-3-5-9-8-6-7(8)4-2/h1,7-9H,4-6H2,2H3. The van der Waals surface area contributed by atoms with Gasteiger partial charge in [0.25, 0.3) is 0 Å². The molecule has 2 atom stereocenters. The second kappa shape index (κ2) is 2.89. The van der Waals surface area contributed by atoms with E-state index in [9.17, 15) is 0 Å². The Morgan fingerprint density at radius 2 is 2.56 bits per heavy atom. The predicted octanol–water partition coefficient (Wildman–Crippen LogP) is 1.01. The largest absolute Gasteiger partial charge is 0.303 e. The highest BCUT2D eigenvalue weighted by atomic mass is 15.0. The summed E-state index contributed by atoms with van der Waals surface area (Å²) >= 11 is 0. The van der Waals surface area contributed by atoms with Crippen molar-refractivity contribution in [2.45, 2.75) is 25.8 Å². The summed E-state index contributed by atoms with van der Waals surface area (Å²) in [5, 5.41) is 3.27. The summed E-state index contributed by atoms with van der Waals surface area (Å²) in [6.07, 6.45) is 7.70. The van der Waals surface area contributed by atoms with Crippen molar-refractivity contribution in [3.8, 4) is 12.3 Å². The predicted molar refractivity (Wildman–Crippen MR) is 39.0 cm³/mol. The third kappa shape index (κ3) is 1.73. The first-order valence-electron chi connectivity index (χ1n) is 3.55. The average Bonchev–Trinajstić information content (AvgIpc) is 2.62. The van der Waals surface area contributed by atoms with Crippen LogP contribution in [-0.4, -0.2) is 12.6 Å². The van der Waals surface area contributed by atoms with Gasteiger partial charge in [0.15, 0.2) is 0 Å². The van der Waals surface area contributed by atoms with Crippen LogP contribution in [0.3, 0.4) is 0 Å². The molecular weight excluding hydrogens is 110 g/mol. The van der Waals surface area contributed by atoms with Gasteiger partial charge in [-0.05, 0) is 12.3 Å². The van der Waals surface area contributed by atoms with Crippen molar-refractivity contribution < 1.29 is 0 Å². The smallest absolute Gasteiger partial charge is 0.0576 e. The second-order valence-corrected chi connectivity index (χ2v) is 2.60. The number of hydrogen-bond acceptors (Lipinski definition) is 1. The molecule has 1 rings (SSSR count). The molecule has 0 aromatic heterocycles. The molecule has 1 aliphatic carbocycles. The van der Waals surface area contributed by atoms with Crippen LogP contribution >= 0.6 is 0 Å². The summed E-state index contributed by atoms with van der Waals surface area (Å²) in [5.74, 6) is 3.49. The fraction of sp³-hybridized carbons (Fsp3) is 0.750. The molecule has 0 aromatic rings. The van der Waals surface area contributed by atoms with Crippen LogP contribution in [-0.2, 0) is 0 Å². The lowest BCUT2D eigenvalue weighted by Gasteiger charge is -1.94. The van der Waals surface area contributed by atoms with Gasteiger partial charge in [-0.2, -0.15) is 0 Å². The highest BCUT2D eigenvalue weighted by molar-refractivity contribution is 4.96. The van der Waals surface area contributed by atoms with Gasteiger partial charge in [0.1, 0.15) is 0 Å².